The lowest BCUT2D eigenvalue weighted by Crippen LogP contribution is -2.06. The van der Waals surface area contributed by atoms with E-state index in [9.17, 15) is 0 Å². The van der Waals surface area contributed by atoms with Gasteiger partial charge < -0.3 is 15.4 Å². The smallest absolute Gasteiger partial charge is 0.226 e. The molecule has 0 atom stereocenters. The average molecular weight is 228 g/mol. The maximum atomic E-state index is 8.65. The number of H-pyrrole nitrogens is 1. The first kappa shape index (κ1) is 10.1. The number of nitrogens with zero attached hydrogens (tertiary/aromatic N) is 3. The molecule has 0 unspecified atom stereocenters. The maximum Gasteiger partial charge on any atom is 0.226 e. The highest BCUT2D eigenvalue weighted by Gasteiger charge is 2.07. The summed E-state index contributed by atoms with van der Waals surface area (Å²) in [6.45, 7) is 0.760. The van der Waals surface area contributed by atoms with Crippen molar-refractivity contribution >= 4 is 28.6 Å². The zero-order valence-electron chi connectivity index (χ0n) is 7.87. The Morgan fingerprint density at radius 2 is 2.33 bits per heavy atom. The normalized spacial score (nSPS) is 10.8. The van der Waals surface area contributed by atoms with Crippen LogP contribution in [0, 0.1) is 0 Å². The van der Waals surface area contributed by atoms with Crippen molar-refractivity contribution in [2.24, 2.45) is 0 Å². The molecule has 0 aliphatic rings. The lowest BCUT2D eigenvalue weighted by Gasteiger charge is -2.04. The minimum atomic E-state index is 0.137. The minimum Gasteiger partial charge on any atom is -0.396 e. The third-order valence-electron chi connectivity index (χ3n) is 1.89. The number of hydrogen-bond acceptors (Lipinski definition) is 5. The Bertz CT molecular complexity index is 457. The van der Waals surface area contributed by atoms with Gasteiger partial charge in [-0.25, -0.2) is 4.98 Å². The van der Waals surface area contributed by atoms with Gasteiger partial charge in [-0.1, -0.05) is 0 Å². The number of imidazole rings is 1. The summed E-state index contributed by atoms with van der Waals surface area (Å²) in [6.07, 6.45) is 2.18. The van der Waals surface area contributed by atoms with Crippen LogP contribution < -0.4 is 5.32 Å². The van der Waals surface area contributed by atoms with Crippen LogP contribution in [0.25, 0.3) is 11.2 Å². The van der Waals surface area contributed by atoms with E-state index in [1.54, 1.807) is 0 Å². The summed E-state index contributed by atoms with van der Waals surface area (Å²) >= 11 is 5.73. The SMILES string of the molecule is OCCCNc1nc(Cl)nc2nc[nH]c12. The Morgan fingerprint density at radius 3 is 3.13 bits per heavy atom. The van der Waals surface area contributed by atoms with E-state index >= 15 is 0 Å². The molecular weight excluding hydrogens is 218 g/mol. The van der Waals surface area contributed by atoms with E-state index in [4.69, 9.17) is 16.7 Å². The lowest BCUT2D eigenvalue weighted by molar-refractivity contribution is 0.292. The maximum absolute atomic E-state index is 8.65. The number of rotatable bonds is 4. The number of halogens is 1. The van der Waals surface area contributed by atoms with Gasteiger partial charge in [-0.05, 0) is 18.0 Å². The highest BCUT2D eigenvalue weighted by molar-refractivity contribution is 6.28. The Kier molecular flexibility index (Phi) is 2.98. The zero-order chi connectivity index (χ0) is 10.7. The number of fused-ring (bicyclic) bond motifs is 1. The van der Waals surface area contributed by atoms with Crippen LogP contribution in [0.5, 0.6) is 0 Å². The van der Waals surface area contributed by atoms with E-state index in [1.165, 1.54) is 6.33 Å². The molecule has 0 radical (unpaired) electrons. The van der Waals surface area contributed by atoms with Crippen LogP contribution in [0.1, 0.15) is 6.42 Å². The first-order chi connectivity index (χ1) is 7.31. The Balaban J connectivity index is 2.27. The summed E-state index contributed by atoms with van der Waals surface area (Å²) in [4.78, 5) is 14.9. The molecule has 0 saturated heterocycles. The molecule has 2 heterocycles. The van der Waals surface area contributed by atoms with Crippen LogP contribution in [0.15, 0.2) is 6.33 Å². The molecule has 0 bridgehead atoms. The second-order valence-electron chi connectivity index (χ2n) is 2.95. The van der Waals surface area contributed by atoms with Gasteiger partial charge in [-0.15, -0.1) is 0 Å². The van der Waals surface area contributed by atoms with E-state index in [0.717, 1.165) is 5.52 Å². The van der Waals surface area contributed by atoms with E-state index in [-0.39, 0.29) is 11.9 Å². The topological polar surface area (TPSA) is 86.7 Å². The molecule has 3 N–H and O–H groups in total. The van der Waals surface area contributed by atoms with Crippen LogP contribution in [0.3, 0.4) is 0 Å². The van der Waals surface area contributed by atoms with Crippen molar-refractivity contribution in [3.63, 3.8) is 0 Å². The molecule has 0 aliphatic carbocycles. The molecule has 2 aromatic heterocycles. The van der Waals surface area contributed by atoms with Crippen LogP contribution in [0.4, 0.5) is 5.82 Å². The number of hydrogen-bond donors (Lipinski definition) is 3. The zero-order valence-corrected chi connectivity index (χ0v) is 8.62. The lowest BCUT2D eigenvalue weighted by atomic mass is 10.4. The molecule has 7 heteroatoms. The fourth-order valence-corrected chi connectivity index (χ4v) is 1.38. The van der Waals surface area contributed by atoms with E-state index in [2.05, 4.69) is 25.3 Å². The van der Waals surface area contributed by atoms with E-state index < -0.39 is 0 Å². The van der Waals surface area contributed by atoms with Gasteiger partial charge >= 0.3 is 0 Å². The van der Waals surface area contributed by atoms with Gasteiger partial charge in [-0.2, -0.15) is 9.97 Å². The molecule has 2 rings (SSSR count). The summed E-state index contributed by atoms with van der Waals surface area (Å²) < 4.78 is 0. The molecule has 15 heavy (non-hydrogen) atoms. The van der Waals surface area contributed by atoms with E-state index in [0.29, 0.717) is 24.4 Å². The highest BCUT2D eigenvalue weighted by atomic mass is 35.5. The van der Waals surface area contributed by atoms with Crippen LogP contribution >= 0.6 is 11.6 Å². The average Bonchev–Trinajstić information content (AvgIpc) is 2.65. The van der Waals surface area contributed by atoms with Gasteiger partial charge in [0, 0.05) is 13.2 Å². The molecular formula is C8H10ClN5O. The third kappa shape index (κ3) is 2.16. The molecule has 2 aromatic rings. The van der Waals surface area contributed by atoms with Gasteiger partial charge in [0.2, 0.25) is 5.28 Å². The minimum absolute atomic E-state index is 0.137. The van der Waals surface area contributed by atoms with Crippen molar-refractivity contribution < 1.29 is 5.11 Å². The number of aromatic amines is 1. The van der Waals surface area contributed by atoms with Gasteiger partial charge in [0.05, 0.1) is 6.33 Å². The Hall–Kier alpha value is -1.40. The summed E-state index contributed by atoms with van der Waals surface area (Å²) in [5.41, 5.74) is 1.25. The number of aliphatic hydroxyl groups is 1. The molecule has 0 spiro atoms. The van der Waals surface area contributed by atoms with Crippen molar-refractivity contribution in [2.45, 2.75) is 6.42 Å². The monoisotopic (exact) mass is 227 g/mol. The van der Waals surface area contributed by atoms with Gasteiger partial charge in [0.25, 0.3) is 0 Å². The molecule has 80 valence electrons. The highest BCUT2D eigenvalue weighted by Crippen LogP contribution is 2.18. The van der Waals surface area contributed by atoms with Crippen LogP contribution in [0.2, 0.25) is 5.28 Å². The summed E-state index contributed by atoms with van der Waals surface area (Å²) in [5, 5.41) is 11.9. The number of aliphatic hydroxyl groups excluding tert-OH is 1. The van der Waals surface area contributed by atoms with E-state index in [1.807, 2.05) is 0 Å². The van der Waals surface area contributed by atoms with Crippen LogP contribution in [-0.2, 0) is 0 Å². The molecule has 6 nitrogen and oxygen atoms in total. The first-order valence-corrected chi connectivity index (χ1v) is 4.90. The van der Waals surface area contributed by atoms with Crippen molar-refractivity contribution in [1.82, 2.24) is 19.9 Å². The quantitative estimate of drug-likeness (QED) is 0.531. The molecule has 0 aromatic carbocycles. The Labute approximate surface area is 90.7 Å². The number of aromatic nitrogens is 4. The predicted octanol–water partition coefficient (Wildman–Crippen LogP) is 0.801. The fraction of sp³-hybridized carbons (Fsp3) is 0.375. The second kappa shape index (κ2) is 4.41. The fourth-order valence-electron chi connectivity index (χ4n) is 1.22. The van der Waals surface area contributed by atoms with Crippen molar-refractivity contribution in [3.8, 4) is 0 Å². The first-order valence-electron chi connectivity index (χ1n) is 4.52. The Morgan fingerprint density at radius 1 is 1.47 bits per heavy atom. The standard InChI is InChI=1S/C8H10ClN5O/c9-8-13-6(10-2-1-3-15)5-7(14-8)12-4-11-5/h4,15H,1-3H2,(H2,10,11,12,13,14). The molecule has 0 saturated carbocycles. The third-order valence-corrected chi connectivity index (χ3v) is 2.05. The largest absolute Gasteiger partial charge is 0.396 e. The molecule has 0 amide bonds. The summed E-state index contributed by atoms with van der Waals surface area (Å²) in [5.74, 6) is 0.607. The van der Waals surface area contributed by atoms with Crippen LogP contribution in [-0.4, -0.2) is 38.2 Å². The summed E-state index contributed by atoms with van der Waals surface area (Å²) in [7, 11) is 0. The molecule has 0 aliphatic heterocycles. The second-order valence-corrected chi connectivity index (χ2v) is 3.28. The van der Waals surface area contributed by atoms with Crippen molar-refractivity contribution in [1.29, 1.82) is 0 Å². The van der Waals surface area contributed by atoms with Gasteiger partial charge in [-0.3, -0.25) is 0 Å². The number of nitrogens with one attached hydrogen (secondary N) is 2. The number of anilines is 1. The van der Waals surface area contributed by atoms with Gasteiger partial charge in [0.15, 0.2) is 11.5 Å². The molecule has 0 fully saturated rings. The predicted molar refractivity (Wildman–Crippen MR) is 56.9 cm³/mol. The summed E-state index contributed by atoms with van der Waals surface area (Å²) in [6, 6.07) is 0. The van der Waals surface area contributed by atoms with Crippen molar-refractivity contribution in [3.05, 3.63) is 11.6 Å². The van der Waals surface area contributed by atoms with Crippen molar-refractivity contribution in [2.75, 3.05) is 18.5 Å². The van der Waals surface area contributed by atoms with Gasteiger partial charge in [0.1, 0.15) is 5.52 Å².